The van der Waals surface area contributed by atoms with Crippen molar-refractivity contribution in [2.45, 2.75) is 25.4 Å². The van der Waals surface area contributed by atoms with Crippen molar-refractivity contribution in [2.75, 3.05) is 0 Å². The highest BCUT2D eigenvalue weighted by Gasteiger charge is 2.19. The number of hydrogen-bond acceptors (Lipinski definition) is 3. The molecule has 0 aliphatic carbocycles. The van der Waals surface area contributed by atoms with E-state index in [4.69, 9.17) is 15.1 Å². The highest BCUT2D eigenvalue weighted by atomic mass is 16.7. The number of nitrogens with zero attached hydrogens (tertiary/aromatic N) is 1. The first-order chi connectivity index (χ1) is 7.59. The zero-order chi connectivity index (χ0) is 12.0. The third kappa shape index (κ3) is 4.04. The Morgan fingerprint density at radius 3 is 2.38 bits per heavy atom. The summed E-state index contributed by atoms with van der Waals surface area (Å²) >= 11 is 0. The number of aromatic nitrogens is 1. The molecule has 1 aromatic rings. The van der Waals surface area contributed by atoms with Gasteiger partial charge in [-0.25, -0.2) is 4.79 Å². The van der Waals surface area contributed by atoms with Crippen LogP contribution in [-0.4, -0.2) is 33.0 Å². The van der Waals surface area contributed by atoms with Gasteiger partial charge in [0.1, 0.15) is 0 Å². The Labute approximate surface area is 92.0 Å². The molecule has 16 heavy (non-hydrogen) atoms. The monoisotopic (exact) mass is 227 g/mol. The Bertz CT molecular complexity index is 346. The number of rotatable bonds is 7. The molecule has 0 aromatic carbocycles. The Balaban J connectivity index is 2.42. The molecule has 0 amide bonds. The molecule has 0 spiro atoms. The second-order valence-electron chi connectivity index (χ2n) is 3.26. The maximum absolute atomic E-state index is 10.8. The van der Waals surface area contributed by atoms with E-state index in [-0.39, 0.29) is 19.3 Å². The molecule has 0 aliphatic rings. The molecular weight excluding hydrogens is 214 g/mol. The molecule has 2 N–H and O–H groups in total. The van der Waals surface area contributed by atoms with E-state index < -0.39 is 18.0 Å². The van der Waals surface area contributed by atoms with Gasteiger partial charge >= 0.3 is 11.9 Å². The maximum Gasteiger partial charge on any atom is 0.347 e. The SMILES string of the molecule is O=C(O)CCCC(On1cccc1)C(=O)O. The van der Waals surface area contributed by atoms with Gasteiger partial charge in [-0.3, -0.25) is 4.79 Å². The highest BCUT2D eigenvalue weighted by Crippen LogP contribution is 2.04. The van der Waals surface area contributed by atoms with Gasteiger partial charge in [-0.2, -0.15) is 4.73 Å². The van der Waals surface area contributed by atoms with Crippen molar-refractivity contribution in [3.05, 3.63) is 24.5 Å². The van der Waals surface area contributed by atoms with E-state index in [2.05, 4.69) is 0 Å². The molecule has 0 fully saturated rings. The zero-order valence-electron chi connectivity index (χ0n) is 8.57. The Morgan fingerprint density at radius 1 is 1.25 bits per heavy atom. The van der Waals surface area contributed by atoms with Gasteiger partial charge in [0.2, 0.25) is 6.10 Å². The largest absolute Gasteiger partial charge is 0.481 e. The summed E-state index contributed by atoms with van der Waals surface area (Å²) in [5.74, 6) is -2.04. The quantitative estimate of drug-likeness (QED) is 0.713. The summed E-state index contributed by atoms with van der Waals surface area (Å²) < 4.78 is 1.29. The molecule has 1 atom stereocenters. The van der Waals surface area contributed by atoms with E-state index in [0.29, 0.717) is 0 Å². The average Bonchev–Trinajstić information content (AvgIpc) is 2.68. The second kappa shape index (κ2) is 5.79. The Hall–Kier alpha value is -1.98. The minimum absolute atomic E-state index is 0.0567. The summed E-state index contributed by atoms with van der Waals surface area (Å²) in [4.78, 5) is 26.2. The first kappa shape index (κ1) is 12.1. The summed E-state index contributed by atoms with van der Waals surface area (Å²) in [6.45, 7) is 0. The van der Waals surface area contributed by atoms with Gasteiger partial charge in [0.15, 0.2) is 0 Å². The summed E-state index contributed by atoms with van der Waals surface area (Å²) in [5.41, 5.74) is 0. The molecule has 1 unspecified atom stereocenters. The highest BCUT2D eigenvalue weighted by molar-refractivity contribution is 5.72. The summed E-state index contributed by atoms with van der Waals surface area (Å²) in [6.07, 6.45) is 2.51. The smallest absolute Gasteiger partial charge is 0.347 e. The molecule has 0 bridgehead atoms. The van der Waals surface area contributed by atoms with Crippen molar-refractivity contribution in [1.29, 1.82) is 0 Å². The van der Waals surface area contributed by atoms with Crippen LogP contribution in [0.2, 0.25) is 0 Å². The van der Waals surface area contributed by atoms with Crippen LogP contribution in [0.3, 0.4) is 0 Å². The summed E-state index contributed by atoms with van der Waals surface area (Å²) in [6, 6.07) is 3.41. The lowest BCUT2D eigenvalue weighted by Crippen LogP contribution is -2.32. The molecule has 0 saturated carbocycles. The lowest BCUT2D eigenvalue weighted by atomic mass is 10.1. The molecule has 0 saturated heterocycles. The fraction of sp³-hybridized carbons (Fsp3) is 0.400. The van der Waals surface area contributed by atoms with Crippen LogP contribution in [0.4, 0.5) is 0 Å². The van der Waals surface area contributed by atoms with E-state index in [1.165, 1.54) is 4.73 Å². The zero-order valence-corrected chi connectivity index (χ0v) is 8.57. The molecule has 1 rings (SSSR count). The van der Waals surface area contributed by atoms with Gasteiger partial charge in [0.25, 0.3) is 0 Å². The molecule has 1 heterocycles. The van der Waals surface area contributed by atoms with Crippen LogP contribution >= 0.6 is 0 Å². The third-order valence-electron chi connectivity index (χ3n) is 1.96. The normalized spacial score (nSPS) is 12.0. The second-order valence-corrected chi connectivity index (χ2v) is 3.26. The van der Waals surface area contributed by atoms with E-state index >= 15 is 0 Å². The molecule has 6 heteroatoms. The van der Waals surface area contributed by atoms with Gasteiger partial charge in [0.05, 0.1) is 0 Å². The predicted octanol–water partition coefficient (Wildman–Crippen LogP) is 0.625. The average molecular weight is 227 g/mol. The van der Waals surface area contributed by atoms with Gasteiger partial charge in [-0.05, 0) is 25.0 Å². The first-order valence-corrected chi connectivity index (χ1v) is 4.84. The first-order valence-electron chi connectivity index (χ1n) is 4.84. The van der Waals surface area contributed by atoms with Crippen LogP contribution in [0.15, 0.2) is 24.5 Å². The topological polar surface area (TPSA) is 88.8 Å². The molecule has 1 aromatic heterocycles. The molecule has 88 valence electrons. The van der Waals surface area contributed by atoms with Crippen LogP contribution in [0.1, 0.15) is 19.3 Å². The minimum atomic E-state index is -1.10. The van der Waals surface area contributed by atoms with Crippen molar-refractivity contribution in [2.24, 2.45) is 0 Å². The lowest BCUT2D eigenvalue weighted by molar-refractivity contribution is -0.151. The predicted molar refractivity (Wildman–Crippen MR) is 53.9 cm³/mol. The number of carboxylic acids is 2. The van der Waals surface area contributed by atoms with Crippen LogP contribution < -0.4 is 4.84 Å². The van der Waals surface area contributed by atoms with Crippen LogP contribution in [-0.2, 0) is 9.59 Å². The van der Waals surface area contributed by atoms with E-state index in [1.54, 1.807) is 24.5 Å². The molecule has 0 aliphatic heterocycles. The molecule has 6 nitrogen and oxygen atoms in total. The molecule has 0 radical (unpaired) electrons. The lowest BCUT2D eigenvalue weighted by Gasteiger charge is -2.14. The van der Waals surface area contributed by atoms with Crippen molar-refractivity contribution < 1.29 is 24.6 Å². The Morgan fingerprint density at radius 2 is 1.88 bits per heavy atom. The van der Waals surface area contributed by atoms with Gasteiger partial charge in [0, 0.05) is 18.8 Å². The number of hydrogen-bond donors (Lipinski definition) is 2. The van der Waals surface area contributed by atoms with Gasteiger partial charge in [-0.15, -0.1) is 0 Å². The van der Waals surface area contributed by atoms with Crippen molar-refractivity contribution >= 4 is 11.9 Å². The number of aliphatic carboxylic acids is 2. The fourth-order valence-corrected chi connectivity index (χ4v) is 1.20. The Kier molecular flexibility index (Phi) is 4.38. The maximum atomic E-state index is 10.8. The summed E-state index contributed by atoms with van der Waals surface area (Å²) in [7, 11) is 0. The summed E-state index contributed by atoms with van der Waals surface area (Å²) in [5, 5.41) is 17.3. The van der Waals surface area contributed by atoms with Crippen LogP contribution in [0.5, 0.6) is 0 Å². The van der Waals surface area contributed by atoms with Gasteiger partial charge in [-0.1, -0.05) is 0 Å². The van der Waals surface area contributed by atoms with Crippen molar-refractivity contribution in [3.8, 4) is 0 Å². The van der Waals surface area contributed by atoms with Crippen molar-refractivity contribution in [3.63, 3.8) is 0 Å². The van der Waals surface area contributed by atoms with Crippen LogP contribution in [0.25, 0.3) is 0 Å². The van der Waals surface area contributed by atoms with Gasteiger partial charge < -0.3 is 15.1 Å². The van der Waals surface area contributed by atoms with E-state index in [1.807, 2.05) is 0 Å². The standard InChI is InChI=1S/C10H13NO5/c12-9(13)5-3-4-8(10(14)15)16-11-6-1-2-7-11/h1-2,6-8H,3-5H2,(H,12,13)(H,14,15). The minimum Gasteiger partial charge on any atom is -0.481 e. The van der Waals surface area contributed by atoms with Crippen molar-refractivity contribution in [1.82, 2.24) is 4.73 Å². The number of carboxylic acid groups (broad SMARTS) is 2. The van der Waals surface area contributed by atoms with Crippen LogP contribution in [0, 0.1) is 0 Å². The molecular formula is C10H13NO5. The third-order valence-corrected chi connectivity index (χ3v) is 1.96. The van der Waals surface area contributed by atoms with E-state index in [0.717, 1.165) is 0 Å². The fourth-order valence-electron chi connectivity index (χ4n) is 1.20. The number of carbonyl (C=O) groups is 2. The van der Waals surface area contributed by atoms with E-state index in [9.17, 15) is 9.59 Å².